The lowest BCUT2D eigenvalue weighted by molar-refractivity contribution is -0.146. The minimum Gasteiger partial charge on any atom is -0.506 e. The first-order chi connectivity index (χ1) is 18.0. The van der Waals surface area contributed by atoms with Gasteiger partial charge in [0.2, 0.25) is 15.7 Å². The summed E-state index contributed by atoms with van der Waals surface area (Å²) in [6.07, 6.45) is -1.96. The highest BCUT2D eigenvalue weighted by Crippen LogP contribution is 2.30. The fourth-order valence-corrected chi connectivity index (χ4v) is 5.38. The van der Waals surface area contributed by atoms with Gasteiger partial charge in [0.25, 0.3) is 11.8 Å². The molecule has 196 valence electrons. The summed E-state index contributed by atoms with van der Waals surface area (Å²) in [5.74, 6) is -6.65. The number of aromatic hydroxyl groups is 2. The maximum absolute atomic E-state index is 13.5. The summed E-state index contributed by atoms with van der Waals surface area (Å²) in [5, 5.41) is 25.1. The van der Waals surface area contributed by atoms with E-state index in [4.69, 9.17) is 4.74 Å². The molecule has 2 heterocycles. The van der Waals surface area contributed by atoms with Gasteiger partial charge in [-0.25, -0.2) is 13.6 Å². The molecular formula is C24H16F2N2O8S2. The van der Waals surface area contributed by atoms with E-state index in [2.05, 4.69) is 10.6 Å². The number of hydrogen-bond acceptors (Lipinski definition) is 10. The lowest BCUT2D eigenvalue weighted by Gasteiger charge is -2.19. The molecule has 0 spiro atoms. The van der Waals surface area contributed by atoms with Crippen LogP contribution in [0.3, 0.4) is 0 Å². The Hall–Kier alpha value is -4.43. The number of amides is 2. The van der Waals surface area contributed by atoms with E-state index in [0.29, 0.717) is 22.7 Å². The van der Waals surface area contributed by atoms with Crippen molar-refractivity contribution in [2.45, 2.75) is 13.1 Å². The number of rotatable bonds is 6. The topological polar surface area (TPSA) is 159 Å². The zero-order valence-corrected chi connectivity index (χ0v) is 20.8. The molecule has 0 aliphatic rings. The van der Waals surface area contributed by atoms with Gasteiger partial charge in [-0.2, -0.15) is 0 Å². The highest BCUT2D eigenvalue weighted by Gasteiger charge is 2.30. The van der Waals surface area contributed by atoms with Gasteiger partial charge in [-0.1, -0.05) is 22.7 Å². The average Bonchev–Trinajstić information content (AvgIpc) is 2.83. The number of ether oxygens (including phenoxy) is 1. The molecule has 0 unspecified atom stereocenters. The van der Waals surface area contributed by atoms with Crippen molar-refractivity contribution in [2.24, 2.45) is 0 Å². The van der Waals surface area contributed by atoms with Gasteiger partial charge in [0, 0.05) is 20.2 Å². The predicted octanol–water partition coefficient (Wildman–Crippen LogP) is 2.57. The quantitative estimate of drug-likeness (QED) is 0.206. The maximum atomic E-state index is 13.5. The standard InChI is InChI=1S/C24H16F2N2O8S2/c1-2-36-22(33)19(27-20(31)15-17(29)11-5-3-9(25)7-13(11)37-23(15)34)28-21(32)16-18(30)12-6-4-10(26)8-14(12)38-24(16)35/h3-8,19,29-30H,2H2,1H3,(H,27,31)(H,28,32). The van der Waals surface area contributed by atoms with E-state index in [0.717, 1.165) is 36.4 Å². The summed E-state index contributed by atoms with van der Waals surface area (Å²) in [4.78, 5) is 63.4. The Bertz CT molecular complexity index is 1630. The van der Waals surface area contributed by atoms with Crippen molar-refractivity contribution in [3.8, 4) is 11.5 Å². The Morgan fingerprint density at radius 1 is 0.842 bits per heavy atom. The smallest absolute Gasteiger partial charge is 0.349 e. The van der Waals surface area contributed by atoms with Crippen LogP contribution in [0.2, 0.25) is 0 Å². The molecular weight excluding hydrogens is 546 g/mol. The molecule has 4 aromatic rings. The van der Waals surface area contributed by atoms with Gasteiger partial charge in [0.15, 0.2) is 0 Å². The fraction of sp³-hybridized carbons (Fsp3) is 0.125. The first-order valence-corrected chi connectivity index (χ1v) is 12.3. The third kappa shape index (κ3) is 5.03. The van der Waals surface area contributed by atoms with Gasteiger partial charge >= 0.3 is 5.97 Å². The molecule has 14 heteroatoms. The van der Waals surface area contributed by atoms with Gasteiger partial charge in [0.05, 0.1) is 6.61 Å². The second-order valence-electron chi connectivity index (χ2n) is 7.64. The number of hydrogen-bond donors (Lipinski definition) is 4. The summed E-state index contributed by atoms with van der Waals surface area (Å²) in [5.41, 5.74) is -1.56. The summed E-state index contributed by atoms with van der Waals surface area (Å²) in [7, 11) is 0. The van der Waals surface area contributed by atoms with Gasteiger partial charge in [-0.05, 0) is 43.3 Å². The maximum Gasteiger partial charge on any atom is 0.349 e. The van der Waals surface area contributed by atoms with E-state index in [1.165, 1.54) is 6.92 Å². The number of carbonyl (C=O) groups excluding carboxylic acids is 3. The van der Waals surface area contributed by atoms with Crippen LogP contribution in [0.4, 0.5) is 8.78 Å². The van der Waals surface area contributed by atoms with Gasteiger partial charge in [-0.15, -0.1) is 0 Å². The molecule has 0 saturated carbocycles. The molecule has 2 amide bonds. The van der Waals surface area contributed by atoms with Crippen LogP contribution in [-0.4, -0.2) is 40.8 Å². The van der Waals surface area contributed by atoms with Crippen LogP contribution in [0.15, 0.2) is 46.0 Å². The van der Waals surface area contributed by atoms with Crippen LogP contribution >= 0.6 is 22.7 Å². The number of esters is 1. The van der Waals surface area contributed by atoms with Crippen LogP contribution in [0.1, 0.15) is 27.6 Å². The number of nitrogens with one attached hydrogen (secondary N) is 2. The third-order valence-electron chi connectivity index (χ3n) is 5.21. The molecule has 0 aliphatic heterocycles. The number of halogens is 2. The van der Waals surface area contributed by atoms with E-state index < -0.39 is 67.7 Å². The van der Waals surface area contributed by atoms with Crippen LogP contribution in [0.5, 0.6) is 11.5 Å². The van der Waals surface area contributed by atoms with Crippen molar-refractivity contribution in [1.82, 2.24) is 10.6 Å². The Balaban J connectivity index is 1.69. The zero-order valence-electron chi connectivity index (χ0n) is 19.2. The molecule has 2 aromatic carbocycles. The Kier molecular flexibility index (Phi) is 7.37. The van der Waals surface area contributed by atoms with Crippen molar-refractivity contribution >= 4 is 60.6 Å². The van der Waals surface area contributed by atoms with Crippen molar-refractivity contribution < 1.29 is 38.1 Å². The highest BCUT2D eigenvalue weighted by atomic mass is 32.1. The van der Waals surface area contributed by atoms with Crippen molar-refractivity contribution in [2.75, 3.05) is 6.61 Å². The predicted molar refractivity (Wildman–Crippen MR) is 135 cm³/mol. The Morgan fingerprint density at radius 3 is 1.66 bits per heavy atom. The third-order valence-corrected chi connectivity index (χ3v) is 7.11. The fourth-order valence-electron chi connectivity index (χ4n) is 3.50. The van der Waals surface area contributed by atoms with E-state index in [9.17, 15) is 43.0 Å². The summed E-state index contributed by atoms with van der Waals surface area (Å²) in [6, 6.07) is 6.32. The lowest BCUT2D eigenvalue weighted by Crippen LogP contribution is -2.54. The van der Waals surface area contributed by atoms with Crippen molar-refractivity contribution in [3.05, 3.63) is 78.2 Å². The monoisotopic (exact) mass is 562 g/mol. The minimum atomic E-state index is -1.96. The molecule has 38 heavy (non-hydrogen) atoms. The zero-order chi connectivity index (χ0) is 27.7. The molecule has 0 bridgehead atoms. The Labute approximate surface area is 218 Å². The Morgan fingerprint density at radius 2 is 1.26 bits per heavy atom. The lowest BCUT2D eigenvalue weighted by atomic mass is 10.1. The van der Waals surface area contributed by atoms with Crippen molar-refractivity contribution in [3.63, 3.8) is 0 Å². The summed E-state index contributed by atoms with van der Waals surface area (Å²) in [6.45, 7) is 1.26. The molecule has 0 radical (unpaired) electrons. The second-order valence-corrected chi connectivity index (χ2v) is 9.67. The second kappa shape index (κ2) is 10.5. The number of benzene rings is 2. The summed E-state index contributed by atoms with van der Waals surface area (Å²) < 4.78 is 30.1. The van der Waals surface area contributed by atoms with Crippen LogP contribution in [0.25, 0.3) is 20.2 Å². The number of fused-ring (bicyclic) bond motifs is 2. The average molecular weight is 563 g/mol. The number of carbonyl (C=O) groups is 3. The SMILES string of the molecule is CCOC(=O)C(NC(=O)c1c(O)c2ccc(F)cc2sc1=O)NC(=O)c1c(O)c2ccc(F)cc2sc1=O. The van der Waals surface area contributed by atoms with E-state index >= 15 is 0 Å². The molecule has 4 N–H and O–H groups in total. The molecule has 0 saturated heterocycles. The van der Waals surface area contributed by atoms with E-state index in [-0.39, 0.29) is 26.8 Å². The first kappa shape index (κ1) is 26.6. The molecule has 10 nitrogen and oxygen atoms in total. The summed E-state index contributed by atoms with van der Waals surface area (Å²) >= 11 is 0.936. The van der Waals surface area contributed by atoms with Gasteiger partial charge in [-0.3, -0.25) is 19.2 Å². The molecule has 0 atom stereocenters. The molecule has 0 aliphatic carbocycles. The van der Waals surface area contributed by atoms with Crippen molar-refractivity contribution in [1.29, 1.82) is 0 Å². The van der Waals surface area contributed by atoms with Crippen LogP contribution < -0.4 is 20.1 Å². The van der Waals surface area contributed by atoms with Gasteiger partial charge < -0.3 is 25.6 Å². The minimum absolute atomic E-state index is 0.00660. The molecule has 4 rings (SSSR count). The molecule has 0 fully saturated rings. The van der Waals surface area contributed by atoms with E-state index in [1.54, 1.807) is 0 Å². The first-order valence-electron chi connectivity index (χ1n) is 10.7. The molecule has 2 aromatic heterocycles. The largest absolute Gasteiger partial charge is 0.506 e. The normalized spacial score (nSPS) is 11.1. The van der Waals surface area contributed by atoms with Gasteiger partial charge in [0.1, 0.15) is 34.3 Å². The van der Waals surface area contributed by atoms with Crippen LogP contribution in [0, 0.1) is 11.6 Å². The van der Waals surface area contributed by atoms with E-state index in [1.807, 2.05) is 0 Å². The van der Waals surface area contributed by atoms with Crippen LogP contribution in [-0.2, 0) is 9.53 Å². The highest BCUT2D eigenvalue weighted by molar-refractivity contribution is 7.16.